The van der Waals surface area contributed by atoms with Gasteiger partial charge < -0.3 is 10.4 Å². The molecule has 1 aromatic carbocycles. The number of benzene rings is 1. The van der Waals surface area contributed by atoms with Gasteiger partial charge in [0.1, 0.15) is 0 Å². The van der Waals surface area contributed by atoms with Gasteiger partial charge in [-0.3, -0.25) is 0 Å². The third kappa shape index (κ3) is 5.17. The Balaban J connectivity index is 2.37. The van der Waals surface area contributed by atoms with Gasteiger partial charge in [-0.1, -0.05) is 23.7 Å². The monoisotopic (exact) mass is 227 g/mol. The van der Waals surface area contributed by atoms with E-state index in [2.05, 4.69) is 12.2 Å². The van der Waals surface area contributed by atoms with Crippen molar-refractivity contribution in [1.82, 2.24) is 5.32 Å². The highest BCUT2D eigenvalue weighted by molar-refractivity contribution is 6.30. The van der Waals surface area contributed by atoms with Gasteiger partial charge in [0, 0.05) is 17.6 Å². The summed E-state index contributed by atoms with van der Waals surface area (Å²) in [5.41, 5.74) is 1.25. The first-order chi connectivity index (χ1) is 7.08. The molecule has 0 bridgehead atoms. The van der Waals surface area contributed by atoms with E-state index in [0.29, 0.717) is 12.6 Å². The van der Waals surface area contributed by atoms with Gasteiger partial charge in [-0.15, -0.1) is 0 Å². The van der Waals surface area contributed by atoms with Crippen molar-refractivity contribution in [3.05, 3.63) is 34.9 Å². The first-order valence-electron chi connectivity index (χ1n) is 5.24. The van der Waals surface area contributed by atoms with E-state index in [1.54, 1.807) is 6.92 Å². The highest BCUT2D eigenvalue weighted by Gasteiger charge is 2.04. The van der Waals surface area contributed by atoms with Crippen molar-refractivity contribution in [3.63, 3.8) is 0 Å². The van der Waals surface area contributed by atoms with Gasteiger partial charge in [-0.05, 0) is 38.0 Å². The van der Waals surface area contributed by atoms with Crippen LogP contribution >= 0.6 is 11.6 Å². The van der Waals surface area contributed by atoms with Crippen molar-refractivity contribution in [1.29, 1.82) is 0 Å². The van der Waals surface area contributed by atoms with Gasteiger partial charge in [0.05, 0.1) is 6.10 Å². The predicted molar refractivity (Wildman–Crippen MR) is 64.3 cm³/mol. The third-order valence-corrected chi connectivity index (χ3v) is 2.47. The lowest BCUT2D eigenvalue weighted by Crippen LogP contribution is -2.33. The maximum Gasteiger partial charge on any atom is 0.0636 e. The van der Waals surface area contributed by atoms with Gasteiger partial charge in [-0.2, -0.15) is 0 Å². The minimum Gasteiger partial charge on any atom is -0.392 e. The molecular formula is C12H18ClNO. The fourth-order valence-electron chi connectivity index (χ4n) is 1.42. The molecule has 0 aliphatic rings. The number of nitrogens with one attached hydrogen (secondary N) is 1. The highest BCUT2D eigenvalue weighted by Crippen LogP contribution is 2.10. The van der Waals surface area contributed by atoms with Gasteiger partial charge in [-0.25, -0.2) is 0 Å². The van der Waals surface area contributed by atoms with Gasteiger partial charge in [0.15, 0.2) is 0 Å². The summed E-state index contributed by atoms with van der Waals surface area (Å²) >= 11 is 5.80. The first kappa shape index (κ1) is 12.5. The minimum absolute atomic E-state index is 0.294. The first-order valence-corrected chi connectivity index (χ1v) is 5.61. The number of aliphatic hydroxyl groups excluding tert-OH is 1. The summed E-state index contributed by atoms with van der Waals surface area (Å²) in [6.45, 7) is 4.52. The smallest absolute Gasteiger partial charge is 0.0636 e. The quantitative estimate of drug-likeness (QED) is 0.809. The second-order valence-corrected chi connectivity index (χ2v) is 4.43. The Morgan fingerprint density at radius 1 is 1.27 bits per heavy atom. The topological polar surface area (TPSA) is 32.3 Å². The van der Waals surface area contributed by atoms with Crippen LogP contribution in [-0.4, -0.2) is 23.8 Å². The second-order valence-electron chi connectivity index (χ2n) is 3.99. The molecule has 0 amide bonds. The van der Waals surface area contributed by atoms with Crippen LogP contribution in [0.5, 0.6) is 0 Å². The van der Waals surface area contributed by atoms with Crippen molar-refractivity contribution in [2.24, 2.45) is 0 Å². The molecule has 0 aliphatic heterocycles. The highest BCUT2D eigenvalue weighted by atomic mass is 35.5. The van der Waals surface area contributed by atoms with Crippen LogP contribution in [0.4, 0.5) is 0 Å². The van der Waals surface area contributed by atoms with Crippen LogP contribution in [0.3, 0.4) is 0 Å². The zero-order valence-corrected chi connectivity index (χ0v) is 9.96. The van der Waals surface area contributed by atoms with Crippen LogP contribution in [0.1, 0.15) is 19.4 Å². The normalized spacial score (nSPS) is 14.9. The summed E-state index contributed by atoms with van der Waals surface area (Å²) in [5, 5.41) is 13.2. The molecule has 0 radical (unpaired) electrons. The second kappa shape index (κ2) is 6.11. The minimum atomic E-state index is -0.294. The van der Waals surface area contributed by atoms with E-state index >= 15 is 0 Å². The predicted octanol–water partition coefficient (Wildman–Crippen LogP) is 2.24. The number of hydrogen-bond donors (Lipinski definition) is 2. The molecule has 0 spiro atoms. The molecule has 0 aliphatic carbocycles. The molecule has 0 fully saturated rings. The van der Waals surface area contributed by atoms with Crippen molar-refractivity contribution in [2.75, 3.05) is 6.54 Å². The molecule has 84 valence electrons. The molecule has 1 rings (SSSR count). The summed E-state index contributed by atoms with van der Waals surface area (Å²) in [6, 6.07) is 8.23. The molecule has 3 heteroatoms. The molecule has 0 aromatic heterocycles. The standard InChI is InChI=1S/C12H18ClNO/c1-9(14-8-10(2)15)7-11-3-5-12(13)6-4-11/h3-6,9-10,14-15H,7-8H2,1-2H3. The molecule has 0 heterocycles. The van der Waals surface area contributed by atoms with Gasteiger partial charge in [0.2, 0.25) is 0 Å². The van der Waals surface area contributed by atoms with Crippen LogP contribution in [0.25, 0.3) is 0 Å². The Morgan fingerprint density at radius 3 is 2.40 bits per heavy atom. The maximum absolute atomic E-state index is 9.12. The van der Waals surface area contributed by atoms with Crippen molar-refractivity contribution >= 4 is 11.6 Å². The van der Waals surface area contributed by atoms with Crippen molar-refractivity contribution < 1.29 is 5.11 Å². The van der Waals surface area contributed by atoms with Crippen LogP contribution in [0, 0.1) is 0 Å². The summed E-state index contributed by atoms with van der Waals surface area (Å²) < 4.78 is 0. The van der Waals surface area contributed by atoms with Crippen LogP contribution < -0.4 is 5.32 Å². The number of hydrogen-bond acceptors (Lipinski definition) is 2. The fraction of sp³-hybridized carbons (Fsp3) is 0.500. The van der Waals surface area contributed by atoms with Crippen LogP contribution in [-0.2, 0) is 6.42 Å². The van der Waals surface area contributed by atoms with E-state index in [1.165, 1.54) is 5.56 Å². The van der Waals surface area contributed by atoms with E-state index in [1.807, 2.05) is 24.3 Å². The zero-order valence-electron chi connectivity index (χ0n) is 9.20. The molecule has 2 nitrogen and oxygen atoms in total. The molecule has 2 N–H and O–H groups in total. The lowest BCUT2D eigenvalue weighted by molar-refractivity contribution is 0.187. The maximum atomic E-state index is 9.12. The van der Waals surface area contributed by atoms with Gasteiger partial charge >= 0.3 is 0 Å². The lowest BCUT2D eigenvalue weighted by Gasteiger charge is -2.15. The lowest BCUT2D eigenvalue weighted by atomic mass is 10.1. The SMILES string of the molecule is CC(O)CNC(C)Cc1ccc(Cl)cc1. The largest absolute Gasteiger partial charge is 0.392 e. The average molecular weight is 228 g/mol. The number of aliphatic hydroxyl groups is 1. The van der Waals surface area contributed by atoms with E-state index in [9.17, 15) is 0 Å². The summed E-state index contributed by atoms with van der Waals surface area (Å²) in [4.78, 5) is 0. The Hall–Kier alpha value is -0.570. The molecule has 2 unspecified atom stereocenters. The molecule has 1 aromatic rings. The summed E-state index contributed by atoms with van der Waals surface area (Å²) in [6.07, 6.45) is 0.654. The van der Waals surface area contributed by atoms with E-state index < -0.39 is 0 Å². The molecule has 0 saturated heterocycles. The molecule has 2 atom stereocenters. The zero-order chi connectivity index (χ0) is 11.3. The van der Waals surface area contributed by atoms with Crippen LogP contribution in [0.2, 0.25) is 5.02 Å². The molecule has 0 saturated carbocycles. The van der Waals surface area contributed by atoms with E-state index in [-0.39, 0.29) is 6.10 Å². The van der Waals surface area contributed by atoms with E-state index in [0.717, 1.165) is 11.4 Å². The van der Waals surface area contributed by atoms with Crippen molar-refractivity contribution in [2.45, 2.75) is 32.4 Å². The Kier molecular flexibility index (Phi) is 5.09. The summed E-state index contributed by atoms with van der Waals surface area (Å²) in [5.74, 6) is 0. The van der Waals surface area contributed by atoms with Crippen molar-refractivity contribution in [3.8, 4) is 0 Å². The van der Waals surface area contributed by atoms with Crippen LogP contribution in [0.15, 0.2) is 24.3 Å². The Morgan fingerprint density at radius 2 is 1.87 bits per heavy atom. The Labute approximate surface area is 96.3 Å². The molecule has 15 heavy (non-hydrogen) atoms. The summed E-state index contributed by atoms with van der Waals surface area (Å²) in [7, 11) is 0. The van der Waals surface area contributed by atoms with Gasteiger partial charge in [0.25, 0.3) is 0 Å². The van der Waals surface area contributed by atoms with E-state index in [4.69, 9.17) is 16.7 Å². The Bertz CT molecular complexity index is 284. The number of halogens is 1. The average Bonchev–Trinajstić information content (AvgIpc) is 2.19. The third-order valence-electron chi connectivity index (χ3n) is 2.22. The molecular weight excluding hydrogens is 210 g/mol. The number of rotatable bonds is 5. The fourth-order valence-corrected chi connectivity index (χ4v) is 1.54.